The van der Waals surface area contributed by atoms with Crippen LogP contribution in [0.4, 0.5) is 13.2 Å². The highest BCUT2D eigenvalue weighted by atomic mass is 35.5. The van der Waals surface area contributed by atoms with E-state index >= 15 is 0 Å². The summed E-state index contributed by atoms with van der Waals surface area (Å²) in [6, 6.07) is 0.447. The monoisotopic (exact) mass is 239 g/mol. The Morgan fingerprint density at radius 1 is 1.60 bits per heavy atom. The van der Waals surface area contributed by atoms with E-state index in [1.165, 1.54) is 0 Å². The number of methoxy groups -OCH3 is 1. The van der Waals surface area contributed by atoms with Crippen LogP contribution in [0.15, 0.2) is 6.07 Å². The van der Waals surface area contributed by atoms with Gasteiger partial charge < -0.3 is 4.74 Å². The summed E-state index contributed by atoms with van der Waals surface area (Å²) in [6.07, 6.45) is -3.03. The Balaban J connectivity index is 3.47. The molecule has 0 saturated carbocycles. The van der Waals surface area contributed by atoms with Crippen molar-refractivity contribution >= 4 is 16.8 Å². The van der Waals surface area contributed by atoms with Crippen LogP contribution < -0.4 is 4.74 Å². The lowest BCUT2D eigenvalue weighted by atomic mass is 10.1. The molecule has 15 heavy (non-hydrogen) atoms. The van der Waals surface area contributed by atoms with Gasteiger partial charge in [0.05, 0.1) is 7.11 Å². The third kappa shape index (κ3) is 2.38. The number of pyridine rings is 1. The van der Waals surface area contributed by atoms with Crippen LogP contribution in [0.25, 0.3) is 0 Å². The molecule has 0 aliphatic rings. The van der Waals surface area contributed by atoms with E-state index in [2.05, 4.69) is 9.72 Å². The van der Waals surface area contributed by atoms with Gasteiger partial charge in [0.25, 0.3) is 11.7 Å². The van der Waals surface area contributed by atoms with E-state index in [-0.39, 0.29) is 0 Å². The molecule has 0 fully saturated rings. The highest BCUT2D eigenvalue weighted by Crippen LogP contribution is 2.30. The molecule has 3 nitrogen and oxygen atoms in total. The van der Waals surface area contributed by atoms with Crippen molar-refractivity contribution in [2.45, 2.75) is 6.43 Å². The predicted octanol–water partition coefficient (Wildman–Crippen LogP) is 2.55. The minimum absolute atomic E-state index is 0.447. The largest absolute Gasteiger partial charge is 0.480 e. The first-order chi connectivity index (χ1) is 6.97. The summed E-state index contributed by atoms with van der Waals surface area (Å²) < 4.78 is 42.1. The Bertz CT molecular complexity index is 398. The number of carbonyl (C=O) groups excluding carboxylic acids is 1. The SMILES string of the molecule is COc1nc(F)cc(C(F)F)c1C(=O)Cl. The zero-order chi connectivity index (χ0) is 11.6. The summed E-state index contributed by atoms with van der Waals surface area (Å²) >= 11 is 5.07. The fourth-order valence-electron chi connectivity index (χ4n) is 1.03. The van der Waals surface area contributed by atoms with E-state index in [1.54, 1.807) is 0 Å². The van der Waals surface area contributed by atoms with E-state index in [9.17, 15) is 18.0 Å². The van der Waals surface area contributed by atoms with Crippen molar-refractivity contribution in [3.05, 3.63) is 23.1 Å². The molecule has 0 radical (unpaired) electrons. The molecule has 0 aromatic carbocycles. The Kier molecular flexibility index (Phi) is 3.52. The molecule has 0 N–H and O–H groups in total. The normalized spacial score (nSPS) is 10.5. The van der Waals surface area contributed by atoms with Gasteiger partial charge in [0.2, 0.25) is 11.8 Å². The topological polar surface area (TPSA) is 39.2 Å². The van der Waals surface area contributed by atoms with Gasteiger partial charge in [-0.05, 0) is 11.6 Å². The lowest BCUT2D eigenvalue weighted by Gasteiger charge is -2.08. The lowest BCUT2D eigenvalue weighted by Crippen LogP contribution is -2.06. The van der Waals surface area contributed by atoms with Crippen LogP contribution in [-0.4, -0.2) is 17.3 Å². The number of alkyl halides is 2. The van der Waals surface area contributed by atoms with Crippen LogP contribution in [-0.2, 0) is 0 Å². The molecular weight excluding hydrogens is 235 g/mol. The van der Waals surface area contributed by atoms with E-state index < -0.39 is 34.6 Å². The molecule has 0 bridgehead atoms. The zero-order valence-corrected chi connectivity index (χ0v) is 8.19. The number of ether oxygens (including phenoxy) is 1. The van der Waals surface area contributed by atoms with Gasteiger partial charge in [-0.1, -0.05) is 0 Å². The number of hydrogen-bond acceptors (Lipinski definition) is 3. The number of hydrogen-bond donors (Lipinski definition) is 0. The molecule has 0 aliphatic heterocycles. The van der Waals surface area contributed by atoms with Crippen LogP contribution in [0.2, 0.25) is 0 Å². The third-order valence-corrected chi connectivity index (χ3v) is 1.80. The Hall–Kier alpha value is -1.30. The molecule has 0 atom stereocenters. The summed E-state index contributed by atoms with van der Waals surface area (Å²) in [7, 11) is 1.07. The average Bonchev–Trinajstić information content (AvgIpc) is 2.15. The molecule has 1 heterocycles. The molecule has 0 spiro atoms. The van der Waals surface area contributed by atoms with E-state index in [0.717, 1.165) is 7.11 Å². The van der Waals surface area contributed by atoms with Gasteiger partial charge in [0, 0.05) is 11.6 Å². The van der Waals surface area contributed by atoms with Crippen LogP contribution >= 0.6 is 11.6 Å². The van der Waals surface area contributed by atoms with Crippen LogP contribution in [0, 0.1) is 5.95 Å². The van der Waals surface area contributed by atoms with Crippen LogP contribution in [0.3, 0.4) is 0 Å². The standard InChI is InChI=1S/C8H5ClF3NO2/c1-15-8-5(6(9)14)3(7(11)12)2-4(10)13-8/h2,7H,1H3. The molecule has 82 valence electrons. The molecular formula is C8H5ClF3NO2. The summed E-state index contributed by atoms with van der Waals surface area (Å²) in [5.41, 5.74) is -1.45. The van der Waals surface area contributed by atoms with Crippen LogP contribution in [0.1, 0.15) is 22.3 Å². The van der Waals surface area contributed by atoms with E-state index in [4.69, 9.17) is 11.6 Å². The lowest BCUT2D eigenvalue weighted by molar-refractivity contribution is 0.106. The van der Waals surface area contributed by atoms with Gasteiger partial charge in [0.15, 0.2) is 0 Å². The Morgan fingerprint density at radius 3 is 2.60 bits per heavy atom. The van der Waals surface area contributed by atoms with Gasteiger partial charge in [-0.2, -0.15) is 9.37 Å². The highest BCUT2D eigenvalue weighted by molar-refractivity contribution is 6.68. The van der Waals surface area contributed by atoms with E-state index in [0.29, 0.717) is 6.07 Å². The van der Waals surface area contributed by atoms with Crippen molar-refractivity contribution in [1.29, 1.82) is 0 Å². The summed E-state index contributed by atoms with van der Waals surface area (Å²) in [6.45, 7) is 0. The first-order valence-electron chi connectivity index (χ1n) is 3.69. The molecule has 1 aromatic heterocycles. The van der Waals surface area contributed by atoms with E-state index in [1.807, 2.05) is 0 Å². The highest BCUT2D eigenvalue weighted by Gasteiger charge is 2.24. The number of rotatable bonds is 3. The quantitative estimate of drug-likeness (QED) is 0.601. The van der Waals surface area contributed by atoms with Gasteiger partial charge in [-0.25, -0.2) is 8.78 Å². The van der Waals surface area contributed by atoms with Gasteiger partial charge in [-0.3, -0.25) is 4.79 Å². The number of nitrogens with zero attached hydrogens (tertiary/aromatic N) is 1. The van der Waals surface area contributed by atoms with Crippen molar-refractivity contribution in [3.8, 4) is 5.88 Å². The van der Waals surface area contributed by atoms with Gasteiger partial charge in [-0.15, -0.1) is 0 Å². The maximum Gasteiger partial charge on any atom is 0.264 e. The second-order valence-corrected chi connectivity index (χ2v) is 2.84. The first kappa shape index (κ1) is 11.8. The Labute approximate surface area is 87.8 Å². The van der Waals surface area contributed by atoms with Crippen molar-refractivity contribution in [1.82, 2.24) is 4.98 Å². The number of carbonyl (C=O) groups is 1. The first-order valence-corrected chi connectivity index (χ1v) is 4.07. The van der Waals surface area contributed by atoms with Crippen molar-refractivity contribution in [3.63, 3.8) is 0 Å². The molecule has 0 unspecified atom stereocenters. The molecule has 0 amide bonds. The number of aromatic nitrogens is 1. The van der Waals surface area contributed by atoms with Crippen molar-refractivity contribution in [2.24, 2.45) is 0 Å². The minimum atomic E-state index is -3.03. The second-order valence-electron chi connectivity index (χ2n) is 2.49. The molecule has 0 saturated heterocycles. The fourth-order valence-corrected chi connectivity index (χ4v) is 1.22. The summed E-state index contributed by atoms with van der Waals surface area (Å²) in [5, 5.41) is -1.17. The average molecular weight is 240 g/mol. The van der Waals surface area contributed by atoms with Crippen molar-refractivity contribution in [2.75, 3.05) is 7.11 Å². The molecule has 1 rings (SSSR count). The Morgan fingerprint density at radius 2 is 2.20 bits per heavy atom. The summed E-state index contributed by atoms with van der Waals surface area (Å²) in [4.78, 5) is 14.0. The second kappa shape index (κ2) is 4.48. The van der Waals surface area contributed by atoms with Crippen molar-refractivity contribution < 1.29 is 22.7 Å². The van der Waals surface area contributed by atoms with Gasteiger partial charge >= 0.3 is 0 Å². The molecule has 0 aliphatic carbocycles. The maximum absolute atomic E-state index is 12.7. The fraction of sp³-hybridized carbons (Fsp3) is 0.250. The predicted molar refractivity (Wildman–Crippen MR) is 45.9 cm³/mol. The zero-order valence-electron chi connectivity index (χ0n) is 7.43. The molecule has 1 aromatic rings. The molecule has 7 heteroatoms. The van der Waals surface area contributed by atoms with Crippen LogP contribution in [0.5, 0.6) is 5.88 Å². The van der Waals surface area contributed by atoms with Gasteiger partial charge in [0.1, 0.15) is 5.56 Å². The smallest absolute Gasteiger partial charge is 0.264 e. The minimum Gasteiger partial charge on any atom is -0.480 e. The number of halogens is 4. The third-order valence-electron chi connectivity index (χ3n) is 1.61. The maximum atomic E-state index is 12.7. The summed E-state index contributed by atoms with van der Waals surface area (Å²) in [5.74, 6) is -1.71.